The minimum absolute atomic E-state index is 0.0355. The van der Waals surface area contributed by atoms with Gasteiger partial charge in [0.15, 0.2) is 11.5 Å². The molecule has 0 spiro atoms. The Morgan fingerprint density at radius 3 is 2.55 bits per heavy atom. The van der Waals surface area contributed by atoms with E-state index >= 15 is 0 Å². The van der Waals surface area contributed by atoms with Crippen LogP contribution in [-0.2, 0) is 12.0 Å². The van der Waals surface area contributed by atoms with E-state index in [0.29, 0.717) is 13.2 Å². The molecule has 0 atom stereocenters. The summed E-state index contributed by atoms with van der Waals surface area (Å²) in [7, 11) is 2.03. The van der Waals surface area contributed by atoms with Crippen LogP contribution in [0.25, 0.3) is 0 Å². The van der Waals surface area contributed by atoms with E-state index in [1.165, 1.54) is 5.56 Å². The average molecular weight is 319 g/mol. The van der Waals surface area contributed by atoms with Crippen LogP contribution in [0.5, 0.6) is 11.5 Å². The van der Waals surface area contributed by atoms with Gasteiger partial charge >= 0.3 is 0 Å². The number of hydrogen-bond acceptors (Lipinski definition) is 6. The summed E-state index contributed by atoms with van der Waals surface area (Å²) >= 11 is 1.64. The summed E-state index contributed by atoms with van der Waals surface area (Å²) in [6, 6.07) is 6.07. The zero-order valence-corrected chi connectivity index (χ0v) is 14.2. The molecule has 2 heterocycles. The van der Waals surface area contributed by atoms with Crippen molar-refractivity contribution in [2.75, 3.05) is 25.2 Å². The Hall–Kier alpha value is -1.82. The van der Waals surface area contributed by atoms with Crippen molar-refractivity contribution in [1.29, 1.82) is 0 Å². The molecule has 1 aliphatic rings. The Morgan fingerprint density at radius 1 is 1.14 bits per heavy atom. The molecule has 1 aromatic carbocycles. The maximum absolute atomic E-state index is 5.63. The molecule has 5 nitrogen and oxygen atoms in total. The van der Waals surface area contributed by atoms with Crippen LogP contribution in [0.15, 0.2) is 18.2 Å². The summed E-state index contributed by atoms with van der Waals surface area (Å²) in [5, 5.41) is 10.6. The van der Waals surface area contributed by atoms with E-state index in [9.17, 15) is 0 Å². The maximum atomic E-state index is 5.63. The lowest BCUT2D eigenvalue weighted by molar-refractivity contribution is 0.171. The lowest BCUT2D eigenvalue weighted by Crippen LogP contribution is -2.18. The molecular formula is C16H21N3O2S. The van der Waals surface area contributed by atoms with Crippen molar-refractivity contribution in [3.8, 4) is 11.5 Å². The lowest BCUT2D eigenvalue weighted by Gasteiger charge is -2.20. The van der Waals surface area contributed by atoms with Crippen LogP contribution in [0.1, 0.15) is 31.3 Å². The van der Waals surface area contributed by atoms with E-state index in [1.54, 1.807) is 11.3 Å². The third kappa shape index (κ3) is 3.16. The van der Waals surface area contributed by atoms with Crippen molar-refractivity contribution >= 4 is 16.5 Å². The summed E-state index contributed by atoms with van der Waals surface area (Å²) in [4.78, 5) is 2.11. The fourth-order valence-electron chi connectivity index (χ4n) is 2.20. The number of aromatic nitrogens is 2. The van der Waals surface area contributed by atoms with Gasteiger partial charge in [-0.2, -0.15) is 0 Å². The maximum Gasteiger partial charge on any atom is 0.208 e. The Labute approximate surface area is 134 Å². The highest BCUT2D eigenvalue weighted by Gasteiger charge is 2.21. The van der Waals surface area contributed by atoms with Crippen LogP contribution in [0.3, 0.4) is 0 Å². The van der Waals surface area contributed by atoms with Crippen LogP contribution < -0.4 is 14.4 Å². The third-order valence-corrected chi connectivity index (χ3v) is 4.87. The van der Waals surface area contributed by atoms with Crippen molar-refractivity contribution in [3.05, 3.63) is 28.8 Å². The van der Waals surface area contributed by atoms with E-state index in [1.807, 2.05) is 19.2 Å². The Kier molecular flexibility index (Phi) is 3.95. The third-order valence-electron chi connectivity index (χ3n) is 3.41. The van der Waals surface area contributed by atoms with Crippen LogP contribution >= 0.6 is 11.3 Å². The first kappa shape index (κ1) is 15.1. The molecule has 0 amide bonds. The first-order valence-corrected chi connectivity index (χ1v) is 8.19. The number of benzene rings is 1. The number of ether oxygens (including phenoxy) is 2. The lowest BCUT2D eigenvalue weighted by atomic mass is 9.98. The monoisotopic (exact) mass is 319 g/mol. The number of rotatable bonds is 3. The van der Waals surface area contributed by atoms with Crippen molar-refractivity contribution in [2.45, 2.75) is 32.7 Å². The molecule has 0 N–H and O–H groups in total. The van der Waals surface area contributed by atoms with E-state index in [4.69, 9.17) is 9.47 Å². The largest absolute Gasteiger partial charge is 0.486 e. The van der Waals surface area contributed by atoms with E-state index in [0.717, 1.165) is 28.2 Å². The van der Waals surface area contributed by atoms with Crippen LogP contribution in [0.2, 0.25) is 0 Å². The minimum Gasteiger partial charge on any atom is -0.486 e. The van der Waals surface area contributed by atoms with Crippen LogP contribution in [0.4, 0.5) is 5.13 Å². The van der Waals surface area contributed by atoms with Gasteiger partial charge in [-0.3, -0.25) is 0 Å². The normalized spacial score (nSPS) is 14.0. The molecule has 1 aromatic heterocycles. The highest BCUT2D eigenvalue weighted by Crippen LogP contribution is 2.33. The van der Waals surface area contributed by atoms with E-state index < -0.39 is 0 Å². The van der Waals surface area contributed by atoms with Crippen molar-refractivity contribution in [3.63, 3.8) is 0 Å². The summed E-state index contributed by atoms with van der Waals surface area (Å²) < 4.78 is 11.2. The van der Waals surface area contributed by atoms with E-state index in [2.05, 4.69) is 41.9 Å². The molecule has 0 bridgehead atoms. The molecule has 1 aliphatic heterocycles. The molecule has 6 heteroatoms. The second-order valence-corrected chi connectivity index (χ2v) is 7.43. The van der Waals surface area contributed by atoms with Crippen molar-refractivity contribution < 1.29 is 9.47 Å². The summed E-state index contributed by atoms with van der Waals surface area (Å²) in [5.74, 6) is 1.65. The van der Waals surface area contributed by atoms with Crippen LogP contribution in [0, 0.1) is 0 Å². The van der Waals surface area contributed by atoms with Crippen LogP contribution in [-0.4, -0.2) is 30.5 Å². The zero-order chi connectivity index (χ0) is 15.7. The van der Waals surface area contributed by atoms with Gasteiger partial charge in [-0.15, -0.1) is 10.2 Å². The van der Waals surface area contributed by atoms with Gasteiger partial charge < -0.3 is 14.4 Å². The summed E-state index contributed by atoms with van der Waals surface area (Å²) in [6.07, 6.45) is 0. The standard InChI is InChI=1S/C16H21N3O2S/c1-16(2,3)14-17-18-15(22-14)19(4)10-11-5-6-12-13(9-11)21-8-7-20-12/h5-6,9H,7-8,10H2,1-4H3. The second-order valence-electron chi connectivity index (χ2n) is 6.47. The smallest absolute Gasteiger partial charge is 0.208 e. The fourth-order valence-corrected chi connectivity index (χ4v) is 3.06. The number of nitrogens with zero attached hydrogens (tertiary/aromatic N) is 3. The molecule has 118 valence electrons. The Morgan fingerprint density at radius 2 is 1.86 bits per heavy atom. The SMILES string of the molecule is CN(Cc1ccc2c(c1)OCCO2)c1nnc(C(C)(C)C)s1. The highest BCUT2D eigenvalue weighted by atomic mass is 32.1. The van der Waals surface area contributed by atoms with Gasteiger partial charge in [0.2, 0.25) is 5.13 Å². The molecule has 0 radical (unpaired) electrons. The Bertz CT molecular complexity index is 664. The molecule has 0 saturated carbocycles. The second kappa shape index (κ2) is 5.76. The molecule has 0 unspecified atom stereocenters. The molecule has 3 rings (SSSR count). The first-order chi connectivity index (χ1) is 10.4. The predicted molar refractivity (Wildman–Crippen MR) is 88.1 cm³/mol. The topological polar surface area (TPSA) is 47.5 Å². The summed E-state index contributed by atoms with van der Waals surface area (Å²) in [5.41, 5.74) is 1.20. The quantitative estimate of drug-likeness (QED) is 0.869. The predicted octanol–water partition coefficient (Wildman–Crippen LogP) is 3.24. The molecule has 0 saturated heterocycles. The van der Waals surface area contributed by atoms with Crippen molar-refractivity contribution in [1.82, 2.24) is 10.2 Å². The summed E-state index contributed by atoms with van der Waals surface area (Å²) in [6.45, 7) is 8.44. The molecule has 0 aliphatic carbocycles. The first-order valence-electron chi connectivity index (χ1n) is 7.37. The van der Waals surface area contributed by atoms with Gasteiger partial charge in [0, 0.05) is 19.0 Å². The number of hydrogen-bond donors (Lipinski definition) is 0. The highest BCUT2D eigenvalue weighted by molar-refractivity contribution is 7.15. The fraction of sp³-hybridized carbons (Fsp3) is 0.500. The number of anilines is 1. The van der Waals surface area contributed by atoms with Crippen molar-refractivity contribution in [2.24, 2.45) is 0 Å². The van der Waals surface area contributed by atoms with Gasteiger partial charge in [0.05, 0.1) is 0 Å². The van der Waals surface area contributed by atoms with Gasteiger partial charge in [0.1, 0.15) is 18.2 Å². The van der Waals surface area contributed by atoms with Gasteiger partial charge in [-0.05, 0) is 17.7 Å². The van der Waals surface area contributed by atoms with Gasteiger partial charge in [0.25, 0.3) is 0 Å². The number of fused-ring (bicyclic) bond motifs is 1. The molecule has 22 heavy (non-hydrogen) atoms. The average Bonchev–Trinajstić information content (AvgIpc) is 2.97. The molecule has 2 aromatic rings. The molecule has 0 fully saturated rings. The Balaban J connectivity index is 1.74. The van der Waals surface area contributed by atoms with E-state index in [-0.39, 0.29) is 5.41 Å². The molecular weight excluding hydrogens is 298 g/mol. The minimum atomic E-state index is 0.0355. The van der Waals surface area contributed by atoms with Gasteiger partial charge in [-0.1, -0.05) is 38.2 Å². The van der Waals surface area contributed by atoms with Gasteiger partial charge in [-0.25, -0.2) is 0 Å². The zero-order valence-electron chi connectivity index (χ0n) is 13.4.